The van der Waals surface area contributed by atoms with Gasteiger partial charge in [0.1, 0.15) is 4.90 Å². The van der Waals surface area contributed by atoms with Gasteiger partial charge in [-0.3, -0.25) is 4.68 Å². The van der Waals surface area contributed by atoms with Gasteiger partial charge in [0.15, 0.2) is 0 Å². The number of nitrogens with zero attached hydrogens (tertiary/aromatic N) is 3. The van der Waals surface area contributed by atoms with Crippen molar-refractivity contribution in [2.24, 2.45) is 7.05 Å². The number of halogens is 1. The van der Waals surface area contributed by atoms with Crippen molar-refractivity contribution < 1.29 is 8.42 Å². The standard InChI is InChI=1S/C15H20ClN3O2S/c1-11-13(12(2)19(4)17-11)9-10-18(3)22(20,21)15-8-6-5-7-14(15)16/h5-8H,9-10H2,1-4H3. The van der Waals surface area contributed by atoms with Crippen LogP contribution in [0.15, 0.2) is 29.2 Å². The summed E-state index contributed by atoms with van der Waals surface area (Å²) >= 11 is 6.00. The van der Waals surface area contributed by atoms with Gasteiger partial charge in [-0.25, -0.2) is 12.7 Å². The number of rotatable bonds is 5. The van der Waals surface area contributed by atoms with Crippen molar-refractivity contribution in [2.45, 2.75) is 25.2 Å². The number of hydrogen-bond donors (Lipinski definition) is 0. The van der Waals surface area contributed by atoms with Crippen LogP contribution in [0.25, 0.3) is 0 Å². The summed E-state index contributed by atoms with van der Waals surface area (Å²) in [5, 5.41) is 4.59. The van der Waals surface area contributed by atoms with E-state index < -0.39 is 10.0 Å². The lowest BCUT2D eigenvalue weighted by Gasteiger charge is -2.18. The topological polar surface area (TPSA) is 55.2 Å². The normalized spacial score (nSPS) is 12.1. The van der Waals surface area contributed by atoms with Gasteiger partial charge in [0.05, 0.1) is 10.7 Å². The maximum atomic E-state index is 12.6. The summed E-state index contributed by atoms with van der Waals surface area (Å²) in [4.78, 5) is 0.138. The van der Waals surface area contributed by atoms with Crippen LogP contribution < -0.4 is 0 Å². The summed E-state index contributed by atoms with van der Waals surface area (Å²) in [6.45, 7) is 4.30. The first-order valence-electron chi connectivity index (χ1n) is 6.95. The van der Waals surface area contributed by atoms with E-state index >= 15 is 0 Å². The molecule has 2 aromatic rings. The Morgan fingerprint density at radius 3 is 2.45 bits per heavy atom. The highest BCUT2D eigenvalue weighted by Crippen LogP contribution is 2.24. The second-order valence-electron chi connectivity index (χ2n) is 5.28. The minimum atomic E-state index is -3.58. The van der Waals surface area contributed by atoms with Crippen molar-refractivity contribution in [3.05, 3.63) is 46.2 Å². The Balaban J connectivity index is 2.19. The zero-order valence-electron chi connectivity index (χ0n) is 13.2. The molecule has 0 aliphatic heterocycles. The van der Waals surface area contributed by atoms with Crippen LogP contribution in [-0.4, -0.2) is 36.1 Å². The largest absolute Gasteiger partial charge is 0.272 e. The quantitative estimate of drug-likeness (QED) is 0.839. The van der Waals surface area contributed by atoms with E-state index in [0.717, 1.165) is 17.0 Å². The molecule has 120 valence electrons. The van der Waals surface area contributed by atoms with Crippen molar-refractivity contribution in [2.75, 3.05) is 13.6 Å². The number of sulfonamides is 1. The predicted molar refractivity (Wildman–Crippen MR) is 87.7 cm³/mol. The molecule has 2 rings (SSSR count). The van der Waals surface area contributed by atoms with Gasteiger partial charge in [0.25, 0.3) is 0 Å². The maximum absolute atomic E-state index is 12.6. The van der Waals surface area contributed by atoms with E-state index in [-0.39, 0.29) is 9.92 Å². The van der Waals surface area contributed by atoms with Crippen molar-refractivity contribution in [3.63, 3.8) is 0 Å². The Morgan fingerprint density at radius 1 is 1.27 bits per heavy atom. The van der Waals surface area contributed by atoms with Crippen LogP contribution >= 0.6 is 11.6 Å². The van der Waals surface area contributed by atoms with Crippen LogP contribution in [0.2, 0.25) is 5.02 Å². The summed E-state index contributed by atoms with van der Waals surface area (Å²) < 4.78 is 28.3. The molecule has 0 aliphatic rings. The Labute approximate surface area is 136 Å². The molecule has 0 amide bonds. The zero-order valence-corrected chi connectivity index (χ0v) is 14.7. The second kappa shape index (κ2) is 6.40. The first kappa shape index (κ1) is 17.0. The van der Waals surface area contributed by atoms with E-state index in [4.69, 9.17) is 11.6 Å². The molecule has 0 atom stereocenters. The summed E-state index contributed by atoms with van der Waals surface area (Å²) in [7, 11) is -0.130. The van der Waals surface area contributed by atoms with Crippen LogP contribution in [0.4, 0.5) is 0 Å². The minimum absolute atomic E-state index is 0.138. The highest BCUT2D eigenvalue weighted by molar-refractivity contribution is 7.89. The molecular formula is C15H20ClN3O2S. The predicted octanol–water partition coefficient (Wildman–Crippen LogP) is 2.55. The van der Waals surface area contributed by atoms with Gasteiger partial charge in [-0.2, -0.15) is 5.10 Å². The molecule has 0 bridgehead atoms. The van der Waals surface area contributed by atoms with E-state index in [1.807, 2.05) is 25.6 Å². The third-order valence-corrected chi connectivity index (χ3v) is 6.22. The van der Waals surface area contributed by atoms with E-state index in [1.54, 1.807) is 25.2 Å². The molecule has 1 aromatic heterocycles. The average Bonchev–Trinajstić information content (AvgIpc) is 2.70. The Morgan fingerprint density at radius 2 is 1.91 bits per heavy atom. The number of hydrogen-bond acceptors (Lipinski definition) is 3. The van der Waals surface area contributed by atoms with Gasteiger partial charge in [-0.15, -0.1) is 0 Å². The fourth-order valence-electron chi connectivity index (χ4n) is 2.39. The Kier molecular flexibility index (Phi) is 4.94. The first-order valence-corrected chi connectivity index (χ1v) is 8.77. The maximum Gasteiger partial charge on any atom is 0.244 e. The molecule has 0 saturated carbocycles. The molecule has 0 aliphatic carbocycles. The van der Waals surface area contributed by atoms with Crippen molar-refractivity contribution >= 4 is 21.6 Å². The van der Waals surface area contributed by atoms with Crippen LogP contribution in [0.3, 0.4) is 0 Å². The van der Waals surface area contributed by atoms with Gasteiger partial charge in [0, 0.05) is 26.3 Å². The van der Waals surface area contributed by atoms with E-state index in [1.165, 1.54) is 10.4 Å². The first-order chi connectivity index (χ1) is 10.2. The van der Waals surface area contributed by atoms with Gasteiger partial charge < -0.3 is 0 Å². The highest BCUT2D eigenvalue weighted by Gasteiger charge is 2.23. The number of aryl methyl sites for hydroxylation is 2. The Hall–Kier alpha value is -1.37. The molecule has 0 saturated heterocycles. The third-order valence-electron chi connectivity index (χ3n) is 3.86. The molecule has 7 heteroatoms. The molecule has 1 aromatic carbocycles. The molecule has 0 unspecified atom stereocenters. The van der Waals surface area contributed by atoms with Crippen LogP contribution in [0.5, 0.6) is 0 Å². The Bertz CT molecular complexity index is 784. The summed E-state index contributed by atoms with van der Waals surface area (Å²) in [6, 6.07) is 6.48. The molecule has 1 heterocycles. The molecule has 0 spiro atoms. The summed E-state index contributed by atoms with van der Waals surface area (Å²) in [5.41, 5.74) is 3.08. The number of aromatic nitrogens is 2. The lowest BCUT2D eigenvalue weighted by atomic mass is 10.1. The molecule has 0 radical (unpaired) electrons. The smallest absolute Gasteiger partial charge is 0.244 e. The molecule has 0 fully saturated rings. The number of benzene rings is 1. The van der Waals surface area contributed by atoms with E-state index in [2.05, 4.69) is 5.10 Å². The van der Waals surface area contributed by atoms with Crippen LogP contribution in [-0.2, 0) is 23.5 Å². The fraction of sp³-hybridized carbons (Fsp3) is 0.400. The summed E-state index contributed by atoms with van der Waals surface area (Å²) in [5.74, 6) is 0. The van der Waals surface area contributed by atoms with Gasteiger partial charge in [-0.05, 0) is 38.0 Å². The summed E-state index contributed by atoms with van der Waals surface area (Å²) in [6.07, 6.45) is 0.617. The van der Waals surface area contributed by atoms with Crippen molar-refractivity contribution in [1.29, 1.82) is 0 Å². The molecule has 0 N–H and O–H groups in total. The van der Waals surface area contributed by atoms with Crippen LogP contribution in [0.1, 0.15) is 17.0 Å². The average molecular weight is 342 g/mol. The van der Waals surface area contributed by atoms with Gasteiger partial charge >= 0.3 is 0 Å². The lowest BCUT2D eigenvalue weighted by molar-refractivity contribution is 0.472. The fourth-order valence-corrected chi connectivity index (χ4v) is 4.05. The number of likely N-dealkylation sites (N-methyl/N-ethyl adjacent to an activating group) is 1. The molecule has 22 heavy (non-hydrogen) atoms. The minimum Gasteiger partial charge on any atom is -0.272 e. The van der Waals surface area contributed by atoms with Gasteiger partial charge in [0.2, 0.25) is 10.0 Å². The monoisotopic (exact) mass is 341 g/mol. The third kappa shape index (κ3) is 3.19. The zero-order chi connectivity index (χ0) is 16.5. The van der Waals surface area contributed by atoms with Crippen molar-refractivity contribution in [3.8, 4) is 0 Å². The van der Waals surface area contributed by atoms with Crippen LogP contribution in [0, 0.1) is 13.8 Å². The van der Waals surface area contributed by atoms with Crippen molar-refractivity contribution in [1.82, 2.24) is 14.1 Å². The molecule has 5 nitrogen and oxygen atoms in total. The van der Waals surface area contributed by atoms with E-state index in [0.29, 0.717) is 13.0 Å². The van der Waals surface area contributed by atoms with E-state index in [9.17, 15) is 8.42 Å². The molecular weight excluding hydrogens is 322 g/mol. The second-order valence-corrected chi connectivity index (χ2v) is 7.70. The van der Waals surface area contributed by atoms with Gasteiger partial charge in [-0.1, -0.05) is 23.7 Å². The highest BCUT2D eigenvalue weighted by atomic mass is 35.5. The SMILES string of the molecule is Cc1nn(C)c(C)c1CCN(C)S(=O)(=O)c1ccccc1Cl. The lowest BCUT2D eigenvalue weighted by Crippen LogP contribution is -2.29.